The fourth-order valence-corrected chi connectivity index (χ4v) is 3.94. The zero-order valence-corrected chi connectivity index (χ0v) is 19.5. The summed E-state index contributed by atoms with van der Waals surface area (Å²) in [6, 6.07) is 12.3. The van der Waals surface area contributed by atoms with Crippen molar-refractivity contribution >= 4 is 63.9 Å². The van der Waals surface area contributed by atoms with Crippen molar-refractivity contribution in [2.45, 2.75) is 38.4 Å². The van der Waals surface area contributed by atoms with E-state index in [1.54, 1.807) is 24.5 Å². The molecule has 0 unspecified atom stereocenters. The lowest BCUT2D eigenvalue weighted by Crippen LogP contribution is -2.50. The van der Waals surface area contributed by atoms with Crippen LogP contribution in [0.3, 0.4) is 0 Å². The number of aryl methyl sites for hydroxylation is 1. The minimum Gasteiger partial charge on any atom is -0.383 e. The second kappa shape index (κ2) is 12.5. The zero-order valence-electron chi connectivity index (χ0n) is 17.0. The SMILES string of the molecule is C[C@H](NC(=O)[C@H](N)CCc1ccccc1)C(=O)NCc1cc2c(N)nccc2s1.Cl.Cl. The van der Waals surface area contributed by atoms with Crippen LogP contribution in [-0.4, -0.2) is 28.9 Å². The number of nitrogens with one attached hydrogen (secondary N) is 2. The molecule has 0 saturated carbocycles. The summed E-state index contributed by atoms with van der Waals surface area (Å²) < 4.78 is 1.02. The maximum Gasteiger partial charge on any atom is 0.242 e. The van der Waals surface area contributed by atoms with Gasteiger partial charge in [-0.2, -0.15) is 0 Å². The van der Waals surface area contributed by atoms with Gasteiger partial charge in [-0.1, -0.05) is 30.3 Å². The van der Waals surface area contributed by atoms with Crippen LogP contribution < -0.4 is 22.1 Å². The number of halogens is 2. The van der Waals surface area contributed by atoms with Crippen LogP contribution in [-0.2, 0) is 22.6 Å². The van der Waals surface area contributed by atoms with Gasteiger partial charge in [-0.05, 0) is 37.5 Å². The quantitative estimate of drug-likeness (QED) is 0.392. The monoisotopic (exact) mass is 483 g/mol. The van der Waals surface area contributed by atoms with Gasteiger partial charge in [0.05, 0.1) is 12.6 Å². The molecule has 2 aromatic heterocycles. The molecule has 7 nitrogen and oxygen atoms in total. The van der Waals surface area contributed by atoms with Gasteiger partial charge in [0, 0.05) is 21.2 Å². The van der Waals surface area contributed by atoms with Crippen LogP contribution in [0, 0.1) is 0 Å². The number of thiophene rings is 1. The molecule has 2 atom stereocenters. The lowest BCUT2D eigenvalue weighted by Gasteiger charge is -2.17. The maximum absolute atomic E-state index is 12.3. The molecule has 10 heteroatoms. The van der Waals surface area contributed by atoms with Gasteiger partial charge < -0.3 is 22.1 Å². The summed E-state index contributed by atoms with van der Waals surface area (Å²) in [6.45, 7) is 2.00. The van der Waals surface area contributed by atoms with Crippen LogP contribution in [0.15, 0.2) is 48.7 Å². The van der Waals surface area contributed by atoms with Crippen LogP contribution in [0.1, 0.15) is 23.8 Å². The number of hydrogen-bond donors (Lipinski definition) is 4. The van der Waals surface area contributed by atoms with Crippen LogP contribution in [0.5, 0.6) is 0 Å². The number of fused-ring (bicyclic) bond motifs is 1. The van der Waals surface area contributed by atoms with E-state index < -0.39 is 12.1 Å². The summed E-state index contributed by atoms with van der Waals surface area (Å²) >= 11 is 1.55. The number of benzene rings is 1. The Hall–Kier alpha value is -2.39. The standard InChI is InChI=1S/C21H25N5O2S.2ClH/c1-13(26-21(28)17(22)8-7-14-5-3-2-4-6-14)20(27)25-12-15-11-16-18(29-15)9-10-24-19(16)23;;/h2-6,9-11,13,17H,7-8,12,22H2,1H3,(H2,23,24)(H,25,27)(H,26,28);2*1H/t13-,17+;;/m0../s1. The van der Waals surface area contributed by atoms with Gasteiger partial charge in [0.1, 0.15) is 11.9 Å². The fraction of sp³-hybridized carbons (Fsp3) is 0.286. The average Bonchev–Trinajstić information content (AvgIpc) is 3.15. The molecule has 6 N–H and O–H groups in total. The largest absolute Gasteiger partial charge is 0.383 e. The molecule has 168 valence electrons. The van der Waals surface area contributed by atoms with E-state index in [1.165, 1.54) is 0 Å². The minimum absolute atomic E-state index is 0. The molecule has 31 heavy (non-hydrogen) atoms. The first kappa shape index (κ1) is 26.6. The van der Waals surface area contributed by atoms with Crippen molar-refractivity contribution in [1.82, 2.24) is 15.6 Å². The Bertz CT molecular complexity index is 1000. The number of amides is 2. The van der Waals surface area contributed by atoms with E-state index in [9.17, 15) is 9.59 Å². The zero-order chi connectivity index (χ0) is 20.8. The van der Waals surface area contributed by atoms with E-state index in [4.69, 9.17) is 11.5 Å². The van der Waals surface area contributed by atoms with Crippen LogP contribution in [0.4, 0.5) is 5.82 Å². The molecule has 0 aliphatic rings. The lowest BCUT2D eigenvalue weighted by molar-refractivity contribution is -0.129. The highest BCUT2D eigenvalue weighted by molar-refractivity contribution is 7.19. The number of anilines is 1. The molecule has 3 aromatic rings. The van der Waals surface area contributed by atoms with Gasteiger partial charge in [-0.3, -0.25) is 9.59 Å². The Morgan fingerprint density at radius 2 is 1.84 bits per heavy atom. The summed E-state index contributed by atoms with van der Waals surface area (Å²) in [7, 11) is 0. The molecule has 3 rings (SSSR count). The van der Waals surface area contributed by atoms with Crippen LogP contribution >= 0.6 is 36.2 Å². The van der Waals surface area contributed by atoms with E-state index >= 15 is 0 Å². The number of nitrogens with zero attached hydrogens (tertiary/aromatic N) is 1. The topological polar surface area (TPSA) is 123 Å². The van der Waals surface area contributed by atoms with Crippen molar-refractivity contribution in [2.75, 3.05) is 5.73 Å². The summed E-state index contributed by atoms with van der Waals surface area (Å²) in [5.74, 6) is -0.122. The molecule has 0 aliphatic heterocycles. The predicted octanol–water partition coefficient (Wildman–Crippen LogP) is 2.80. The Labute approximate surface area is 197 Å². The van der Waals surface area contributed by atoms with Crippen LogP contribution in [0.25, 0.3) is 10.1 Å². The van der Waals surface area contributed by atoms with Gasteiger partial charge >= 0.3 is 0 Å². The Kier molecular flexibility index (Phi) is 10.7. The molecule has 0 fully saturated rings. The highest BCUT2D eigenvalue weighted by Crippen LogP contribution is 2.28. The highest BCUT2D eigenvalue weighted by Gasteiger charge is 2.20. The van der Waals surface area contributed by atoms with Gasteiger partial charge in [0.15, 0.2) is 0 Å². The van der Waals surface area contributed by atoms with E-state index in [0.29, 0.717) is 25.2 Å². The molecular weight excluding hydrogens is 457 g/mol. The second-order valence-corrected chi connectivity index (χ2v) is 8.07. The summed E-state index contributed by atoms with van der Waals surface area (Å²) in [4.78, 5) is 29.6. The number of carbonyl (C=O) groups is 2. The average molecular weight is 484 g/mol. The maximum atomic E-state index is 12.3. The Balaban J connectivity index is 0.00000240. The molecule has 0 aliphatic carbocycles. The molecule has 0 spiro atoms. The van der Waals surface area contributed by atoms with Gasteiger partial charge in [-0.15, -0.1) is 36.2 Å². The fourth-order valence-electron chi connectivity index (χ4n) is 2.93. The van der Waals surface area contributed by atoms with E-state index in [-0.39, 0.29) is 36.6 Å². The number of nitrogen functional groups attached to an aromatic ring is 1. The van der Waals surface area contributed by atoms with Crippen LogP contribution in [0.2, 0.25) is 0 Å². The molecule has 0 bridgehead atoms. The van der Waals surface area contributed by atoms with Crippen molar-refractivity contribution in [3.05, 3.63) is 59.1 Å². The first-order valence-electron chi connectivity index (χ1n) is 9.44. The first-order valence-corrected chi connectivity index (χ1v) is 10.3. The molecule has 2 amide bonds. The lowest BCUT2D eigenvalue weighted by atomic mass is 10.1. The third-order valence-corrected chi connectivity index (χ3v) is 5.74. The number of nitrogens with two attached hydrogens (primary N) is 2. The number of hydrogen-bond acceptors (Lipinski definition) is 6. The molecule has 0 saturated heterocycles. The van der Waals surface area contributed by atoms with Gasteiger partial charge in [-0.25, -0.2) is 4.98 Å². The smallest absolute Gasteiger partial charge is 0.242 e. The summed E-state index contributed by atoms with van der Waals surface area (Å²) in [6.07, 6.45) is 2.89. The predicted molar refractivity (Wildman–Crippen MR) is 131 cm³/mol. The second-order valence-electron chi connectivity index (χ2n) is 6.90. The highest BCUT2D eigenvalue weighted by atomic mass is 35.5. The Morgan fingerprint density at radius 1 is 1.13 bits per heavy atom. The van der Waals surface area contributed by atoms with Gasteiger partial charge in [0.25, 0.3) is 0 Å². The summed E-state index contributed by atoms with van der Waals surface area (Å²) in [5, 5.41) is 6.40. The normalized spacial score (nSPS) is 12.2. The van der Waals surface area contributed by atoms with Crippen molar-refractivity contribution < 1.29 is 9.59 Å². The minimum atomic E-state index is -0.675. The number of carbonyl (C=O) groups excluding carboxylic acids is 2. The van der Waals surface area contributed by atoms with Crippen molar-refractivity contribution in [3.63, 3.8) is 0 Å². The van der Waals surface area contributed by atoms with Gasteiger partial charge in [0.2, 0.25) is 11.8 Å². The Morgan fingerprint density at radius 3 is 2.52 bits per heavy atom. The van der Waals surface area contributed by atoms with E-state index in [1.807, 2.05) is 42.5 Å². The summed E-state index contributed by atoms with van der Waals surface area (Å²) in [5.41, 5.74) is 13.0. The molecule has 0 radical (unpaired) electrons. The van der Waals surface area contributed by atoms with Crippen molar-refractivity contribution in [3.8, 4) is 0 Å². The third kappa shape index (κ3) is 7.36. The molecule has 2 heterocycles. The third-order valence-electron chi connectivity index (χ3n) is 4.64. The number of pyridine rings is 1. The van der Waals surface area contributed by atoms with E-state index in [2.05, 4.69) is 15.6 Å². The van der Waals surface area contributed by atoms with Crippen molar-refractivity contribution in [2.24, 2.45) is 5.73 Å². The first-order chi connectivity index (χ1) is 13.9. The van der Waals surface area contributed by atoms with E-state index in [0.717, 1.165) is 20.5 Å². The molecular formula is C21H27Cl2N5O2S. The molecule has 1 aromatic carbocycles. The number of aromatic nitrogens is 1. The van der Waals surface area contributed by atoms with Crippen molar-refractivity contribution in [1.29, 1.82) is 0 Å². The number of rotatable bonds is 8.